The Morgan fingerprint density at radius 1 is 1.08 bits per heavy atom. The van der Waals surface area contributed by atoms with Crippen molar-refractivity contribution in [3.8, 4) is 5.75 Å². The van der Waals surface area contributed by atoms with Gasteiger partial charge >= 0.3 is 5.97 Å². The van der Waals surface area contributed by atoms with E-state index in [-0.39, 0.29) is 17.9 Å². The summed E-state index contributed by atoms with van der Waals surface area (Å²) in [4.78, 5) is 36.5. The van der Waals surface area contributed by atoms with E-state index in [1.54, 1.807) is 50.1 Å². The molecule has 1 saturated carbocycles. The molecule has 0 bridgehead atoms. The van der Waals surface area contributed by atoms with Crippen molar-refractivity contribution in [3.05, 3.63) is 58.0 Å². The van der Waals surface area contributed by atoms with Gasteiger partial charge in [0.2, 0.25) is 0 Å². The van der Waals surface area contributed by atoms with Gasteiger partial charge in [-0.25, -0.2) is 9.79 Å². The molecular formula is C27H29N3O4S2. The lowest BCUT2D eigenvalue weighted by Crippen LogP contribution is -2.40. The second kappa shape index (κ2) is 10.6. The van der Waals surface area contributed by atoms with Gasteiger partial charge in [-0.15, -0.1) is 0 Å². The summed E-state index contributed by atoms with van der Waals surface area (Å²) in [5, 5.41) is 1.61. The number of nitrogens with zero attached hydrogens (tertiary/aromatic N) is 3. The van der Waals surface area contributed by atoms with Crippen LogP contribution >= 0.6 is 23.5 Å². The maximum absolute atomic E-state index is 13.9. The predicted octanol–water partition coefficient (Wildman–Crippen LogP) is 6.18. The molecule has 1 amide bonds. The first kappa shape index (κ1) is 24.8. The van der Waals surface area contributed by atoms with Crippen molar-refractivity contribution in [2.75, 3.05) is 25.7 Å². The number of thioether (sulfide) groups is 2. The minimum absolute atomic E-state index is 0.0166. The first-order valence-electron chi connectivity index (χ1n) is 12.2. The summed E-state index contributed by atoms with van der Waals surface area (Å²) < 4.78 is 10.5. The van der Waals surface area contributed by atoms with Crippen LogP contribution in [0.25, 0.3) is 0 Å². The van der Waals surface area contributed by atoms with Gasteiger partial charge in [-0.3, -0.25) is 9.69 Å². The Morgan fingerprint density at radius 2 is 1.83 bits per heavy atom. The Kier molecular flexibility index (Phi) is 7.29. The first-order chi connectivity index (χ1) is 17.5. The number of hydrogen-bond donors (Lipinski definition) is 0. The van der Waals surface area contributed by atoms with E-state index in [0.717, 1.165) is 47.0 Å². The number of amidine groups is 1. The number of aliphatic imine (C=N–C) groups is 1. The highest BCUT2D eigenvalue weighted by molar-refractivity contribution is 8.19. The average molecular weight is 524 g/mol. The van der Waals surface area contributed by atoms with E-state index in [4.69, 9.17) is 14.5 Å². The predicted molar refractivity (Wildman–Crippen MR) is 145 cm³/mol. The fraction of sp³-hybridized carbons (Fsp3) is 0.370. The zero-order valence-electron chi connectivity index (χ0n) is 20.7. The number of methoxy groups -OCH3 is 1. The zero-order chi connectivity index (χ0) is 25.2. The van der Waals surface area contributed by atoms with Crippen LogP contribution in [-0.4, -0.2) is 48.8 Å². The van der Waals surface area contributed by atoms with Crippen LogP contribution in [-0.2, 0) is 9.53 Å². The molecule has 3 aliphatic rings. The highest BCUT2D eigenvalue weighted by atomic mass is 32.2. The Hall–Kier alpha value is -2.91. The molecule has 188 valence electrons. The van der Waals surface area contributed by atoms with E-state index >= 15 is 0 Å². The second-order valence-electron chi connectivity index (χ2n) is 8.86. The summed E-state index contributed by atoms with van der Waals surface area (Å²) >= 11 is 3.04. The minimum atomic E-state index is -0.351. The van der Waals surface area contributed by atoms with Crippen molar-refractivity contribution in [2.24, 2.45) is 4.99 Å². The Balaban J connectivity index is 1.49. The van der Waals surface area contributed by atoms with E-state index in [0.29, 0.717) is 27.9 Å². The molecule has 36 heavy (non-hydrogen) atoms. The van der Waals surface area contributed by atoms with Crippen molar-refractivity contribution >= 4 is 51.9 Å². The Morgan fingerprint density at radius 3 is 2.53 bits per heavy atom. The summed E-state index contributed by atoms with van der Waals surface area (Å²) in [5.41, 5.74) is 2.21. The summed E-state index contributed by atoms with van der Waals surface area (Å²) in [6.07, 6.45) is 5.41. The molecule has 0 atom stereocenters. The maximum Gasteiger partial charge on any atom is 0.338 e. The quantitative estimate of drug-likeness (QED) is 0.342. The molecule has 2 aromatic rings. The normalized spacial score (nSPS) is 21.3. The molecule has 9 heteroatoms. The highest BCUT2D eigenvalue weighted by Crippen LogP contribution is 2.51. The molecule has 1 aliphatic carbocycles. The summed E-state index contributed by atoms with van der Waals surface area (Å²) in [6.45, 7) is 2.12. The van der Waals surface area contributed by atoms with Crippen LogP contribution in [0.4, 0.5) is 11.4 Å². The van der Waals surface area contributed by atoms with Crippen LogP contribution in [0.1, 0.15) is 49.4 Å². The Bertz CT molecular complexity index is 1240. The monoisotopic (exact) mass is 523 g/mol. The number of amides is 1. The molecule has 0 aromatic heterocycles. The molecule has 0 unspecified atom stereocenters. The van der Waals surface area contributed by atoms with Gasteiger partial charge in [0.1, 0.15) is 10.7 Å². The number of anilines is 1. The SMILES string of the molecule is CCOC(=O)c1ccc(N=C2S/C(=C3\Sc4ccc(OC)cc4N3C)C(=O)N2C2CCCCC2)cc1. The van der Waals surface area contributed by atoms with Gasteiger partial charge in [-0.1, -0.05) is 31.0 Å². The minimum Gasteiger partial charge on any atom is -0.497 e. The van der Waals surface area contributed by atoms with E-state index in [1.807, 2.05) is 30.1 Å². The molecule has 2 aromatic carbocycles. The van der Waals surface area contributed by atoms with Crippen LogP contribution in [0.5, 0.6) is 5.75 Å². The second-order valence-corrected chi connectivity index (χ2v) is 10.9. The van der Waals surface area contributed by atoms with E-state index in [2.05, 4.69) is 4.90 Å². The third-order valence-corrected chi connectivity index (χ3v) is 9.00. The number of carbonyl (C=O) groups excluding carboxylic acids is 2. The van der Waals surface area contributed by atoms with Gasteiger partial charge in [-0.05, 0) is 67.9 Å². The number of carbonyl (C=O) groups is 2. The molecular weight excluding hydrogens is 494 g/mol. The van der Waals surface area contributed by atoms with Crippen molar-refractivity contribution < 1.29 is 19.1 Å². The fourth-order valence-corrected chi connectivity index (χ4v) is 7.09. The maximum atomic E-state index is 13.9. The number of rotatable bonds is 5. The first-order valence-corrected chi connectivity index (χ1v) is 13.8. The molecule has 2 fully saturated rings. The summed E-state index contributed by atoms with van der Waals surface area (Å²) in [6, 6.07) is 13.2. The largest absolute Gasteiger partial charge is 0.497 e. The summed E-state index contributed by atoms with van der Waals surface area (Å²) in [7, 11) is 3.65. The number of esters is 1. The molecule has 0 radical (unpaired) electrons. The van der Waals surface area contributed by atoms with E-state index in [9.17, 15) is 9.59 Å². The smallest absolute Gasteiger partial charge is 0.338 e. The van der Waals surface area contributed by atoms with Crippen LogP contribution in [0.15, 0.2) is 62.3 Å². The van der Waals surface area contributed by atoms with Crippen LogP contribution in [0, 0.1) is 0 Å². The average Bonchev–Trinajstić information content (AvgIpc) is 3.40. The van der Waals surface area contributed by atoms with Gasteiger partial charge in [0.15, 0.2) is 5.17 Å². The third-order valence-electron chi connectivity index (χ3n) is 6.59. The zero-order valence-corrected chi connectivity index (χ0v) is 22.3. The molecule has 2 heterocycles. The summed E-state index contributed by atoms with van der Waals surface area (Å²) in [5.74, 6) is 0.452. The molecule has 5 rings (SSSR count). The number of benzene rings is 2. The van der Waals surface area contributed by atoms with E-state index in [1.165, 1.54) is 18.2 Å². The molecule has 2 aliphatic heterocycles. The molecule has 7 nitrogen and oxygen atoms in total. The highest BCUT2D eigenvalue weighted by Gasteiger charge is 2.42. The van der Waals surface area contributed by atoms with Gasteiger partial charge in [0.25, 0.3) is 5.91 Å². The van der Waals surface area contributed by atoms with Crippen LogP contribution < -0.4 is 9.64 Å². The number of hydrogen-bond acceptors (Lipinski definition) is 8. The molecule has 0 spiro atoms. The number of fused-ring (bicyclic) bond motifs is 1. The van der Waals surface area contributed by atoms with Gasteiger partial charge < -0.3 is 14.4 Å². The van der Waals surface area contributed by atoms with Gasteiger partial charge in [0.05, 0.1) is 35.7 Å². The lowest BCUT2D eigenvalue weighted by Gasteiger charge is -2.30. The van der Waals surface area contributed by atoms with Crippen molar-refractivity contribution in [2.45, 2.75) is 50.0 Å². The van der Waals surface area contributed by atoms with Crippen molar-refractivity contribution in [1.82, 2.24) is 4.90 Å². The molecule has 0 N–H and O–H groups in total. The Labute approximate surface area is 219 Å². The van der Waals surface area contributed by atoms with Crippen molar-refractivity contribution in [3.63, 3.8) is 0 Å². The molecule has 1 saturated heterocycles. The third kappa shape index (κ3) is 4.74. The van der Waals surface area contributed by atoms with Crippen LogP contribution in [0.2, 0.25) is 0 Å². The standard InChI is InChI=1S/C27H29N3O4S2/c1-4-34-26(32)17-10-12-18(13-11-17)28-27-30(19-8-6-5-7-9-19)24(31)23(36-27)25-29(2)21-16-20(33-3)14-15-22(21)35-25/h10-16,19H,4-9H2,1-3H3/b25-23-,28-27?. The van der Waals surface area contributed by atoms with Gasteiger partial charge in [0, 0.05) is 24.1 Å². The van der Waals surface area contributed by atoms with Gasteiger partial charge in [-0.2, -0.15) is 0 Å². The lowest BCUT2D eigenvalue weighted by atomic mass is 9.94. The lowest BCUT2D eigenvalue weighted by molar-refractivity contribution is -0.124. The van der Waals surface area contributed by atoms with Crippen LogP contribution in [0.3, 0.4) is 0 Å². The number of ether oxygens (including phenoxy) is 2. The van der Waals surface area contributed by atoms with Crippen molar-refractivity contribution in [1.29, 1.82) is 0 Å². The topological polar surface area (TPSA) is 71.4 Å². The van der Waals surface area contributed by atoms with E-state index < -0.39 is 0 Å². The fourth-order valence-electron chi connectivity index (χ4n) is 4.70.